The number of carbonyl (C=O) groups excluding carboxylic acids is 1. The van der Waals surface area contributed by atoms with Gasteiger partial charge in [0.05, 0.1) is 23.3 Å². The molecule has 2 N–H and O–H groups in total. The molecule has 1 aromatic carbocycles. The van der Waals surface area contributed by atoms with Crippen molar-refractivity contribution in [1.82, 2.24) is 4.90 Å². The number of hydrogen-bond acceptors (Lipinski definition) is 5. The first kappa shape index (κ1) is 21.7. The monoisotopic (exact) mass is 390 g/mol. The van der Waals surface area contributed by atoms with Crippen molar-refractivity contribution in [2.75, 3.05) is 26.0 Å². The average Bonchev–Trinajstić information content (AvgIpc) is 3.01. The zero-order valence-electron chi connectivity index (χ0n) is 14.9. The van der Waals surface area contributed by atoms with Crippen LogP contribution in [0.4, 0.5) is 0 Å². The summed E-state index contributed by atoms with van der Waals surface area (Å²) in [5.41, 5.74) is 6.31. The van der Waals surface area contributed by atoms with Gasteiger partial charge in [-0.15, -0.1) is 12.4 Å². The smallest absolute Gasteiger partial charge is 0.252 e. The molecule has 0 aliphatic carbocycles. The lowest BCUT2D eigenvalue weighted by Crippen LogP contribution is -2.31. The van der Waals surface area contributed by atoms with Crippen LogP contribution >= 0.6 is 12.4 Å². The Balaban J connectivity index is 0.00000312. The number of nitrogens with zero attached hydrogens (tertiary/aromatic N) is 1. The van der Waals surface area contributed by atoms with E-state index in [0.29, 0.717) is 18.2 Å². The highest BCUT2D eigenvalue weighted by Crippen LogP contribution is 2.32. The maximum atomic E-state index is 12.3. The molecule has 0 bridgehead atoms. The number of carbonyl (C=O) groups is 1. The van der Waals surface area contributed by atoms with Gasteiger partial charge in [-0.3, -0.25) is 4.79 Å². The summed E-state index contributed by atoms with van der Waals surface area (Å²) in [5.74, 6) is -0.317. The maximum absolute atomic E-state index is 12.3. The Morgan fingerprint density at radius 2 is 2.04 bits per heavy atom. The van der Waals surface area contributed by atoms with E-state index in [0.717, 1.165) is 31.5 Å². The molecule has 1 aliphatic rings. The average molecular weight is 391 g/mol. The van der Waals surface area contributed by atoms with Crippen LogP contribution in [-0.4, -0.2) is 51.2 Å². The van der Waals surface area contributed by atoms with Gasteiger partial charge < -0.3 is 15.4 Å². The number of likely N-dealkylation sites (N-methyl/N-ethyl adjacent to an activating group) is 1. The minimum atomic E-state index is -3.43. The molecule has 0 radical (unpaired) electrons. The summed E-state index contributed by atoms with van der Waals surface area (Å²) in [7, 11) is -1.95. The quantitative estimate of drug-likeness (QED) is 0.769. The van der Waals surface area contributed by atoms with E-state index in [4.69, 9.17) is 10.5 Å². The fraction of sp³-hybridized carbons (Fsp3) is 0.588. The van der Waals surface area contributed by atoms with Crippen molar-refractivity contribution < 1.29 is 17.9 Å². The third-order valence-corrected chi connectivity index (χ3v) is 6.42. The highest BCUT2D eigenvalue weighted by atomic mass is 35.5. The Kier molecular flexibility index (Phi) is 7.71. The van der Waals surface area contributed by atoms with Crippen LogP contribution in [-0.2, 0) is 16.3 Å². The van der Waals surface area contributed by atoms with Gasteiger partial charge in [-0.25, -0.2) is 8.42 Å². The summed E-state index contributed by atoms with van der Waals surface area (Å²) in [6, 6.07) is 3.29. The Hall–Kier alpha value is -1.31. The second-order valence-corrected chi connectivity index (χ2v) is 8.34. The lowest BCUT2D eigenvalue weighted by Gasteiger charge is -2.24. The van der Waals surface area contributed by atoms with Crippen molar-refractivity contribution in [3.63, 3.8) is 0 Å². The molecule has 1 amide bonds. The highest BCUT2D eigenvalue weighted by Gasteiger charge is 2.27. The number of amides is 1. The molecule has 0 spiro atoms. The van der Waals surface area contributed by atoms with Crippen LogP contribution in [0.15, 0.2) is 17.0 Å². The fourth-order valence-corrected chi connectivity index (χ4v) is 4.33. The molecule has 2 rings (SSSR count). The fourth-order valence-electron chi connectivity index (χ4n) is 3.38. The molecule has 1 heterocycles. The molecular weight excluding hydrogens is 364 g/mol. The minimum Gasteiger partial charge on any atom is -0.496 e. The Bertz CT molecular complexity index is 722. The molecule has 0 aromatic heterocycles. The summed E-state index contributed by atoms with van der Waals surface area (Å²) in [6.45, 7) is 5.68. The maximum Gasteiger partial charge on any atom is 0.252 e. The van der Waals surface area contributed by atoms with E-state index in [9.17, 15) is 13.2 Å². The van der Waals surface area contributed by atoms with E-state index in [2.05, 4.69) is 11.8 Å². The summed E-state index contributed by atoms with van der Waals surface area (Å²) in [6.07, 6.45) is 2.81. The van der Waals surface area contributed by atoms with Gasteiger partial charge in [-0.2, -0.15) is 0 Å². The predicted octanol–water partition coefficient (Wildman–Crippen LogP) is 2.04. The van der Waals surface area contributed by atoms with Gasteiger partial charge in [0.15, 0.2) is 9.84 Å². The van der Waals surface area contributed by atoms with Crippen molar-refractivity contribution in [3.05, 3.63) is 23.3 Å². The zero-order chi connectivity index (χ0) is 17.9. The van der Waals surface area contributed by atoms with Crippen LogP contribution in [0.3, 0.4) is 0 Å². The first-order valence-electron chi connectivity index (χ1n) is 8.31. The standard InChI is InChI=1S/C17H26N2O4S.ClH/c1-4-19-8-6-7-13(19)9-12-10-14(24(21,22)5-2)11-15(17(18)20)16(12)23-3;/h10-11,13H,4-9H2,1-3H3,(H2,18,20);1H/t13-;/m1./s1. The third kappa shape index (κ3) is 4.65. The van der Waals surface area contributed by atoms with Gasteiger partial charge >= 0.3 is 0 Å². The molecule has 1 atom stereocenters. The Labute approximate surface area is 156 Å². The molecule has 1 saturated heterocycles. The number of sulfone groups is 1. The Morgan fingerprint density at radius 1 is 1.36 bits per heavy atom. The van der Waals surface area contributed by atoms with Crippen molar-refractivity contribution in [2.24, 2.45) is 5.73 Å². The van der Waals surface area contributed by atoms with Crippen LogP contribution in [0.1, 0.15) is 42.6 Å². The van der Waals surface area contributed by atoms with Crippen LogP contribution in [0.25, 0.3) is 0 Å². The molecule has 25 heavy (non-hydrogen) atoms. The van der Waals surface area contributed by atoms with Gasteiger partial charge in [-0.05, 0) is 50.0 Å². The second kappa shape index (κ2) is 8.87. The molecule has 1 aromatic rings. The van der Waals surface area contributed by atoms with Gasteiger partial charge in [0, 0.05) is 6.04 Å². The molecular formula is C17H27ClN2O4S. The normalized spacial score (nSPS) is 18.0. The van der Waals surface area contributed by atoms with Crippen LogP contribution < -0.4 is 10.5 Å². The number of primary amides is 1. The van der Waals surface area contributed by atoms with Crippen molar-refractivity contribution in [1.29, 1.82) is 0 Å². The van der Waals surface area contributed by atoms with Crippen LogP contribution in [0, 0.1) is 0 Å². The first-order valence-corrected chi connectivity index (χ1v) is 9.96. The predicted molar refractivity (Wildman–Crippen MR) is 100 cm³/mol. The number of benzene rings is 1. The van der Waals surface area contributed by atoms with Crippen LogP contribution in [0.5, 0.6) is 5.75 Å². The van der Waals surface area contributed by atoms with Crippen molar-refractivity contribution in [3.8, 4) is 5.75 Å². The molecule has 142 valence electrons. The molecule has 8 heteroatoms. The lowest BCUT2D eigenvalue weighted by atomic mass is 10.00. The number of ether oxygens (including phenoxy) is 1. The summed E-state index contributed by atoms with van der Waals surface area (Å²) < 4.78 is 30.0. The molecule has 0 saturated carbocycles. The van der Waals surface area contributed by atoms with E-state index in [-0.39, 0.29) is 28.6 Å². The number of likely N-dealkylation sites (tertiary alicyclic amines) is 1. The number of hydrogen-bond donors (Lipinski definition) is 1. The van der Waals surface area contributed by atoms with Crippen LogP contribution in [0.2, 0.25) is 0 Å². The highest BCUT2D eigenvalue weighted by molar-refractivity contribution is 7.91. The number of rotatable bonds is 7. The number of halogens is 1. The van der Waals surface area contributed by atoms with E-state index in [1.54, 1.807) is 13.0 Å². The van der Waals surface area contributed by atoms with E-state index < -0.39 is 15.7 Å². The zero-order valence-corrected chi connectivity index (χ0v) is 16.6. The third-order valence-electron chi connectivity index (χ3n) is 4.71. The Morgan fingerprint density at radius 3 is 2.56 bits per heavy atom. The summed E-state index contributed by atoms with van der Waals surface area (Å²) >= 11 is 0. The van der Waals surface area contributed by atoms with E-state index in [1.807, 2.05) is 0 Å². The van der Waals surface area contributed by atoms with E-state index >= 15 is 0 Å². The minimum absolute atomic E-state index is 0. The van der Waals surface area contributed by atoms with Crippen molar-refractivity contribution in [2.45, 2.75) is 44.0 Å². The lowest BCUT2D eigenvalue weighted by molar-refractivity contribution is 0.0997. The van der Waals surface area contributed by atoms with Gasteiger partial charge in [0.2, 0.25) is 0 Å². The molecule has 1 aliphatic heterocycles. The molecule has 6 nitrogen and oxygen atoms in total. The van der Waals surface area contributed by atoms with Crippen molar-refractivity contribution >= 4 is 28.2 Å². The summed E-state index contributed by atoms with van der Waals surface area (Å²) in [5, 5.41) is 0. The second-order valence-electron chi connectivity index (χ2n) is 6.06. The largest absolute Gasteiger partial charge is 0.496 e. The van der Waals surface area contributed by atoms with Gasteiger partial charge in [0.25, 0.3) is 5.91 Å². The number of methoxy groups -OCH3 is 1. The topological polar surface area (TPSA) is 89.7 Å². The molecule has 0 unspecified atom stereocenters. The van der Waals surface area contributed by atoms with E-state index in [1.165, 1.54) is 13.2 Å². The van der Waals surface area contributed by atoms with Gasteiger partial charge in [-0.1, -0.05) is 13.8 Å². The number of nitrogens with two attached hydrogens (primary N) is 1. The summed E-state index contributed by atoms with van der Waals surface area (Å²) in [4.78, 5) is 14.3. The first-order chi connectivity index (χ1) is 11.3. The SMILES string of the molecule is CCN1CCC[C@@H]1Cc1cc(S(=O)(=O)CC)cc(C(N)=O)c1OC.Cl. The van der Waals surface area contributed by atoms with Gasteiger partial charge in [0.1, 0.15) is 5.75 Å². The molecule has 1 fully saturated rings.